The standard InChI is InChI=1S/C27H33N3O8/c1-30(24(32)16-10-18-31)38-25(33)23(29-27(35)37-20-22-13-6-3-7-14-22)15-8-9-17-28-26(34)36-19-21-11-4-2-5-12-21/h2-7,11-14,18,23H,8-10,15-17,19-20H2,1H3,(H,28,34)(H,29,35). The SMILES string of the molecule is CN(OC(=O)C(CCCCNC(=O)OCc1ccccc1)NC(=O)OCc1ccccc1)C(=O)CCC=O. The third-order valence-corrected chi connectivity index (χ3v) is 5.25. The summed E-state index contributed by atoms with van der Waals surface area (Å²) in [6, 6.07) is 17.2. The van der Waals surface area contributed by atoms with Crippen LogP contribution in [0.5, 0.6) is 0 Å². The van der Waals surface area contributed by atoms with Crippen molar-refractivity contribution in [3.63, 3.8) is 0 Å². The summed E-state index contributed by atoms with van der Waals surface area (Å²) in [5.41, 5.74) is 1.64. The zero-order valence-electron chi connectivity index (χ0n) is 21.3. The Morgan fingerprint density at radius 1 is 0.868 bits per heavy atom. The molecule has 0 aromatic heterocycles. The molecule has 1 atom stereocenters. The number of hydrogen-bond donors (Lipinski definition) is 2. The number of benzene rings is 2. The summed E-state index contributed by atoms with van der Waals surface area (Å²) in [6.07, 6.45) is 0.157. The monoisotopic (exact) mass is 527 g/mol. The third-order valence-electron chi connectivity index (χ3n) is 5.25. The highest BCUT2D eigenvalue weighted by molar-refractivity contribution is 5.83. The predicted molar refractivity (Wildman–Crippen MR) is 136 cm³/mol. The van der Waals surface area contributed by atoms with E-state index < -0.39 is 30.1 Å². The number of carbonyl (C=O) groups excluding carboxylic acids is 5. The van der Waals surface area contributed by atoms with Crippen LogP contribution in [0.1, 0.15) is 43.2 Å². The molecule has 2 aromatic carbocycles. The van der Waals surface area contributed by atoms with Crippen LogP contribution in [0.3, 0.4) is 0 Å². The van der Waals surface area contributed by atoms with Crippen molar-refractivity contribution >= 4 is 30.3 Å². The quantitative estimate of drug-likeness (QED) is 0.217. The van der Waals surface area contributed by atoms with E-state index in [1.165, 1.54) is 7.05 Å². The average molecular weight is 528 g/mol. The number of nitrogens with zero attached hydrogens (tertiary/aromatic N) is 1. The number of amides is 3. The molecule has 0 fully saturated rings. The van der Waals surface area contributed by atoms with Gasteiger partial charge in [-0.05, 0) is 30.4 Å². The number of rotatable bonds is 14. The van der Waals surface area contributed by atoms with E-state index in [1.807, 2.05) is 36.4 Å². The number of hydrogen-bond acceptors (Lipinski definition) is 8. The van der Waals surface area contributed by atoms with E-state index in [0.717, 1.165) is 16.2 Å². The van der Waals surface area contributed by atoms with Crippen LogP contribution in [0, 0.1) is 0 Å². The van der Waals surface area contributed by atoms with Crippen LogP contribution in [0.15, 0.2) is 60.7 Å². The first kappa shape index (κ1) is 29.8. The number of nitrogens with one attached hydrogen (secondary N) is 2. The molecule has 11 nitrogen and oxygen atoms in total. The van der Waals surface area contributed by atoms with Crippen LogP contribution in [0.4, 0.5) is 9.59 Å². The topological polar surface area (TPSA) is 140 Å². The summed E-state index contributed by atoms with van der Waals surface area (Å²) in [5.74, 6) is -1.42. The highest BCUT2D eigenvalue weighted by atomic mass is 16.7. The molecule has 2 N–H and O–H groups in total. The summed E-state index contributed by atoms with van der Waals surface area (Å²) >= 11 is 0. The number of hydroxylamine groups is 2. The van der Waals surface area contributed by atoms with Crippen LogP contribution in [-0.2, 0) is 41.9 Å². The van der Waals surface area contributed by atoms with Gasteiger partial charge in [0.1, 0.15) is 25.5 Å². The maximum atomic E-state index is 12.7. The fraction of sp³-hybridized carbons (Fsp3) is 0.370. The molecule has 0 aliphatic rings. The Bertz CT molecular complexity index is 1030. The van der Waals surface area contributed by atoms with Gasteiger partial charge in [0.2, 0.25) is 0 Å². The first-order chi connectivity index (χ1) is 18.4. The Morgan fingerprint density at radius 3 is 2.03 bits per heavy atom. The highest BCUT2D eigenvalue weighted by Gasteiger charge is 2.26. The van der Waals surface area contributed by atoms with Crippen LogP contribution in [0.25, 0.3) is 0 Å². The minimum absolute atomic E-state index is 0.00496. The highest BCUT2D eigenvalue weighted by Crippen LogP contribution is 2.08. The van der Waals surface area contributed by atoms with Crippen molar-refractivity contribution in [3.05, 3.63) is 71.8 Å². The molecular weight excluding hydrogens is 494 g/mol. The molecule has 204 valence electrons. The molecule has 2 aromatic rings. The van der Waals surface area contributed by atoms with Crippen molar-refractivity contribution in [2.75, 3.05) is 13.6 Å². The predicted octanol–water partition coefficient (Wildman–Crippen LogP) is 3.27. The number of aldehydes is 1. The van der Waals surface area contributed by atoms with Crippen molar-refractivity contribution in [1.29, 1.82) is 0 Å². The molecule has 0 saturated heterocycles. The number of carbonyl (C=O) groups is 5. The third kappa shape index (κ3) is 12.0. The van der Waals surface area contributed by atoms with Crippen molar-refractivity contribution in [1.82, 2.24) is 15.7 Å². The van der Waals surface area contributed by atoms with Crippen molar-refractivity contribution < 1.29 is 38.3 Å². The fourth-order valence-electron chi connectivity index (χ4n) is 3.18. The summed E-state index contributed by atoms with van der Waals surface area (Å²) < 4.78 is 10.3. The zero-order valence-corrected chi connectivity index (χ0v) is 21.3. The molecule has 2 rings (SSSR count). The summed E-state index contributed by atoms with van der Waals surface area (Å²) in [5, 5.41) is 5.84. The normalized spacial score (nSPS) is 11.0. The average Bonchev–Trinajstić information content (AvgIpc) is 2.93. The first-order valence-electron chi connectivity index (χ1n) is 12.2. The van der Waals surface area contributed by atoms with Gasteiger partial charge in [-0.25, -0.2) is 14.4 Å². The first-order valence-corrected chi connectivity index (χ1v) is 12.2. The van der Waals surface area contributed by atoms with E-state index >= 15 is 0 Å². The number of unbranched alkanes of at least 4 members (excludes halogenated alkanes) is 1. The van der Waals surface area contributed by atoms with Crippen molar-refractivity contribution in [2.45, 2.75) is 51.4 Å². The van der Waals surface area contributed by atoms with Crippen LogP contribution in [0.2, 0.25) is 0 Å². The number of alkyl carbamates (subject to hydrolysis) is 2. The lowest BCUT2D eigenvalue weighted by Gasteiger charge is -2.21. The smallest absolute Gasteiger partial charge is 0.408 e. The molecule has 0 aliphatic heterocycles. The molecule has 1 unspecified atom stereocenters. The van der Waals surface area contributed by atoms with E-state index in [9.17, 15) is 24.0 Å². The van der Waals surface area contributed by atoms with Gasteiger partial charge in [-0.3, -0.25) is 4.79 Å². The fourth-order valence-corrected chi connectivity index (χ4v) is 3.18. The lowest BCUT2D eigenvalue weighted by Crippen LogP contribution is -2.45. The maximum Gasteiger partial charge on any atom is 0.408 e. The Kier molecular flexibility index (Phi) is 13.4. The molecule has 0 heterocycles. The lowest BCUT2D eigenvalue weighted by atomic mass is 10.1. The van der Waals surface area contributed by atoms with Gasteiger partial charge in [0, 0.05) is 26.4 Å². The molecule has 0 radical (unpaired) electrons. The van der Waals surface area contributed by atoms with E-state index in [0.29, 0.717) is 19.1 Å². The Balaban J connectivity index is 1.81. The Morgan fingerprint density at radius 2 is 1.45 bits per heavy atom. The minimum Gasteiger partial charge on any atom is -0.445 e. The van der Waals surface area contributed by atoms with Gasteiger partial charge in [-0.1, -0.05) is 60.7 Å². The van der Waals surface area contributed by atoms with Crippen LogP contribution in [-0.4, -0.2) is 55.0 Å². The van der Waals surface area contributed by atoms with Gasteiger partial charge in [-0.2, -0.15) is 5.06 Å². The Labute approximate surface area is 221 Å². The molecular formula is C27H33N3O8. The van der Waals surface area contributed by atoms with Crippen LogP contribution >= 0.6 is 0 Å². The van der Waals surface area contributed by atoms with E-state index in [4.69, 9.17) is 14.3 Å². The van der Waals surface area contributed by atoms with Crippen molar-refractivity contribution in [3.8, 4) is 0 Å². The van der Waals surface area contributed by atoms with Gasteiger partial charge in [0.15, 0.2) is 0 Å². The summed E-state index contributed by atoms with van der Waals surface area (Å²) in [7, 11) is 1.25. The molecule has 38 heavy (non-hydrogen) atoms. The molecule has 0 aliphatic carbocycles. The van der Waals surface area contributed by atoms with Gasteiger partial charge in [0.05, 0.1) is 0 Å². The molecule has 0 saturated carbocycles. The van der Waals surface area contributed by atoms with E-state index in [2.05, 4.69) is 10.6 Å². The lowest BCUT2D eigenvalue weighted by molar-refractivity contribution is -0.194. The van der Waals surface area contributed by atoms with Gasteiger partial charge in [0.25, 0.3) is 5.91 Å². The van der Waals surface area contributed by atoms with Gasteiger partial charge >= 0.3 is 18.2 Å². The largest absolute Gasteiger partial charge is 0.445 e. The summed E-state index contributed by atoms with van der Waals surface area (Å²) in [4.78, 5) is 64.4. The molecule has 11 heteroatoms. The van der Waals surface area contributed by atoms with Gasteiger partial charge < -0.3 is 29.7 Å². The number of ether oxygens (including phenoxy) is 2. The van der Waals surface area contributed by atoms with Crippen molar-refractivity contribution in [2.24, 2.45) is 0 Å². The second-order valence-corrected chi connectivity index (χ2v) is 8.25. The van der Waals surface area contributed by atoms with Gasteiger partial charge in [-0.15, -0.1) is 0 Å². The zero-order chi connectivity index (χ0) is 27.6. The molecule has 0 spiro atoms. The van der Waals surface area contributed by atoms with E-state index in [-0.39, 0.29) is 39.0 Å². The maximum absolute atomic E-state index is 12.7. The molecule has 3 amide bonds. The van der Waals surface area contributed by atoms with Crippen LogP contribution < -0.4 is 10.6 Å². The minimum atomic E-state index is -1.11. The Hall–Kier alpha value is -4.41. The second kappa shape index (κ2) is 17.1. The molecule has 0 bridgehead atoms. The van der Waals surface area contributed by atoms with E-state index in [1.54, 1.807) is 24.3 Å². The second-order valence-electron chi connectivity index (χ2n) is 8.25. The summed E-state index contributed by atoms with van der Waals surface area (Å²) in [6.45, 7) is 0.445.